The number of likely N-dealkylation sites (N-methyl/N-ethyl adjacent to an activating group) is 1. The molecule has 0 amide bonds. The Morgan fingerprint density at radius 3 is 2.23 bits per heavy atom. The van der Waals surface area contributed by atoms with Crippen molar-refractivity contribution in [1.82, 2.24) is 9.97 Å². The molecule has 0 aliphatic carbocycles. The van der Waals surface area contributed by atoms with Gasteiger partial charge in [0.2, 0.25) is 5.96 Å². The summed E-state index contributed by atoms with van der Waals surface area (Å²) < 4.78 is 0.419. The van der Waals surface area contributed by atoms with Gasteiger partial charge in [0.05, 0.1) is 43.9 Å². The van der Waals surface area contributed by atoms with Crippen molar-refractivity contribution in [3.63, 3.8) is 0 Å². The second-order valence-electron chi connectivity index (χ2n) is 8.97. The fourth-order valence-corrected chi connectivity index (χ4v) is 3.16. The minimum Gasteiger partial charge on any atom is -0.544 e. The van der Waals surface area contributed by atoms with Crippen LogP contribution in [0.2, 0.25) is 0 Å². The Balaban J connectivity index is 0.000000466. The van der Waals surface area contributed by atoms with Crippen molar-refractivity contribution >= 4 is 40.5 Å². The predicted octanol–water partition coefficient (Wildman–Crippen LogP) is 1.84. The van der Waals surface area contributed by atoms with Crippen LogP contribution in [-0.2, 0) is 4.79 Å². The van der Waals surface area contributed by atoms with E-state index >= 15 is 0 Å². The van der Waals surface area contributed by atoms with Crippen molar-refractivity contribution in [2.45, 2.75) is 20.8 Å². The topological polar surface area (TPSA) is 154 Å². The zero-order valence-electron chi connectivity index (χ0n) is 20.7. The highest BCUT2D eigenvalue weighted by Crippen LogP contribution is 2.20. The molecule has 0 saturated heterocycles. The van der Waals surface area contributed by atoms with Gasteiger partial charge in [-0.05, 0) is 39.0 Å². The number of benzene rings is 2. The highest BCUT2D eigenvalue weighted by atomic mass is 16.4. The number of quaternary nitrogens is 1. The van der Waals surface area contributed by atoms with Crippen LogP contribution in [0.5, 0.6) is 0 Å². The van der Waals surface area contributed by atoms with E-state index in [1.54, 1.807) is 46.3 Å². The van der Waals surface area contributed by atoms with E-state index in [2.05, 4.69) is 20.0 Å². The Labute approximate surface area is 204 Å². The van der Waals surface area contributed by atoms with Crippen molar-refractivity contribution in [2.75, 3.05) is 27.7 Å². The van der Waals surface area contributed by atoms with E-state index in [9.17, 15) is 19.8 Å². The van der Waals surface area contributed by atoms with Crippen LogP contribution in [0.25, 0.3) is 10.9 Å². The number of aromatic nitrogens is 2. The second-order valence-corrected chi connectivity index (χ2v) is 8.97. The monoisotopic (exact) mass is 478 g/mol. The molecule has 0 bridgehead atoms. The van der Waals surface area contributed by atoms with Gasteiger partial charge >= 0.3 is 5.97 Å². The molecule has 10 heteroatoms. The standard InChI is InChI=1S/C20H19N5O2.C5H11NO2/c1-11-8-9-17-16(10-11)13(3)23-20(24-17)25-19(21)22-12(2)14-6-4-5-7-15(14)18(26)27;1-6(2,3)4-5(7)8/h4-10H,1-3H3,(H,26,27)(H2,21,23,24,25);4H2,1-3H3/b22-12-;. The van der Waals surface area contributed by atoms with Crippen LogP contribution >= 0.6 is 0 Å². The molecule has 1 aromatic heterocycles. The van der Waals surface area contributed by atoms with Gasteiger partial charge in [-0.3, -0.25) is 0 Å². The third-order valence-electron chi connectivity index (χ3n) is 4.68. The minimum atomic E-state index is -1.03. The number of carboxylic acid groups (broad SMARTS) is 2. The summed E-state index contributed by atoms with van der Waals surface area (Å²) in [5, 5.41) is 20.1. The molecule has 0 spiro atoms. The van der Waals surface area contributed by atoms with Crippen LogP contribution in [0.3, 0.4) is 0 Å². The van der Waals surface area contributed by atoms with Crippen LogP contribution in [0.1, 0.15) is 34.1 Å². The number of carbonyl (C=O) groups is 2. The molecule has 184 valence electrons. The zero-order valence-corrected chi connectivity index (χ0v) is 20.7. The molecule has 3 N–H and O–H groups in total. The van der Waals surface area contributed by atoms with Crippen molar-refractivity contribution in [2.24, 2.45) is 15.7 Å². The molecule has 1 heterocycles. The van der Waals surface area contributed by atoms with Gasteiger partial charge in [-0.25, -0.2) is 19.8 Å². The van der Waals surface area contributed by atoms with E-state index in [1.165, 1.54) is 6.07 Å². The Hall–Kier alpha value is -4.18. The predicted molar refractivity (Wildman–Crippen MR) is 134 cm³/mol. The maximum absolute atomic E-state index is 11.4. The molecule has 0 unspecified atom stereocenters. The van der Waals surface area contributed by atoms with E-state index in [0.717, 1.165) is 22.2 Å². The smallest absolute Gasteiger partial charge is 0.336 e. The SMILES string of the molecule is C/C(=N/C(N)=N/c1nc(C)c2cc(C)ccc2n1)c1ccccc1C(=O)O.C[N+](C)(C)CC(=O)[O-]. The molecule has 0 saturated carbocycles. The van der Waals surface area contributed by atoms with Crippen LogP contribution in [-0.4, -0.2) is 70.9 Å². The van der Waals surface area contributed by atoms with Gasteiger partial charge < -0.3 is 25.2 Å². The third kappa shape index (κ3) is 8.27. The number of aliphatic carboxylic acids is 1. The van der Waals surface area contributed by atoms with Gasteiger partial charge in [0, 0.05) is 16.7 Å². The molecule has 35 heavy (non-hydrogen) atoms. The molecule has 0 radical (unpaired) electrons. The van der Waals surface area contributed by atoms with E-state index in [4.69, 9.17) is 5.73 Å². The molecule has 0 aliphatic rings. The number of fused-ring (bicyclic) bond motifs is 1. The van der Waals surface area contributed by atoms with E-state index in [1.807, 2.05) is 32.0 Å². The van der Waals surface area contributed by atoms with Crippen molar-refractivity contribution in [3.8, 4) is 0 Å². The molecule has 0 atom stereocenters. The lowest BCUT2D eigenvalue weighted by Gasteiger charge is -2.23. The Kier molecular flexibility index (Phi) is 8.74. The Morgan fingerprint density at radius 1 is 1.06 bits per heavy atom. The number of hydrogen-bond acceptors (Lipinski definition) is 6. The van der Waals surface area contributed by atoms with Gasteiger partial charge in [-0.15, -0.1) is 0 Å². The first-order chi connectivity index (χ1) is 16.3. The largest absolute Gasteiger partial charge is 0.544 e. The maximum Gasteiger partial charge on any atom is 0.336 e. The molecular weight excluding hydrogens is 448 g/mol. The summed E-state index contributed by atoms with van der Waals surface area (Å²) in [5.41, 5.74) is 9.70. The quantitative estimate of drug-likeness (QED) is 0.322. The van der Waals surface area contributed by atoms with Crippen LogP contribution < -0.4 is 10.8 Å². The summed E-state index contributed by atoms with van der Waals surface area (Å²) in [4.78, 5) is 38.4. The van der Waals surface area contributed by atoms with Crippen molar-refractivity contribution < 1.29 is 24.3 Å². The summed E-state index contributed by atoms with van der Waals surface area (Å²) in [6.07, 6.45) is 0. The highest BCUT2D eigenvalue weighted by Gasteiger charge is 2.12. The first kappa shape index (κ1) is 27.1. The number of guanidine groups is 1. The lowest BCUT2D eigenvalue weighted by Crippen LogP contribution is -2.45. The summed E-state index contributed by atoms with van der Waals surface area (Å²) in [6.45, 7) is 5.64. The number of aliphatic imine (C=N–C) groups is 2. The van der Waals surface area contributed by atoms with Crippen LogP contribution in [0.15, 0.2) is 52.4 Å². The van der Waals surface area contributed by atoms with Gasteiger partial charge in [0.25, 0.3) is 5.95 Å². The van der Waals surface area contributed by atoms with E-state index < -0.39 is 11.9 Å². The molecule has 10 nitrogen and oxygen atoms in total. The van der Waals surface area contributed by atoms with E-state index in [-0.39, 0.29) is 24.0 Å². The fourth-order valence-electron chi connectivity index (χ4n) is 3.16. The number of aromatic carboxylic acids is 1. The molecule has 0 aliphatic heterocycles. The van der Waals surface area contributed by atoms with Gasteiger partial charge in [0.1, 0.15) is 6.54 Å². The van der Waals surface area contributed by atoms with Crippen molar-refractivity contribution in [1.29, 1.82) is 0 Å². The Bertz CT molecular complexity index is 1310. The normalized spacial score (nSPS) is 12.2. The summed E-state index contributed by atoms with van der Waals surface area (Å²) in [7, 11) is 5.40. The molecule has 2 aromatic carbocycles. The third-order valence-corrected chi connectivity index (χ3v) is 4.68. The van der Waals surface area contributed by atoms with Crippen LogP contribution in [0, 0.1) is 13.8 Å². The summed E-state index contributed by atoms with van der Waals surface area (Å²) in [6, 6.07) is 12.5. The summed E-state index contributed by atoms with van der Waals surface area (Å²) in [5.74, 6) is -1.86. The highest BCUT2D eigenvalue weighted by molar-refractivity contribution is 6.11. The first-order valence-electron chi connectivity index (χ1n) is 10.7. The van der Waals surface area contributed by atoms with Crippen molar-refractivity contribution in [3.05, 3.63) is 64.8 Å². The fraction of sp³-hybridized carbons (Fsp3) is 0.280. The van der Waals surface area contributed by atoms with Gasteiger partial charge in [0.15, 0.2) is 0 Å². The zero-order chi connectivity index (χ0) is 26.3. The van der Waals surface area contributed by atoms with Crippen LogP contribution in [0.4, 0.5) is 5.95 Å². The van der Waals surface area contributed by atoms with E-state index in [0.29, 0.717) is 15.8 Å². The second kappa shape index (κ2) is 11.3. The number of aryl methyl sites for hydroxylation is 2. The van der Waals surface area contributed by atoms with Gasteiger partial charge in [-0.2, -0.15) is 4.99 Å². The average molecular weight is 479 g/mol. The number of rotatable bonds is 5. The number of nitrogens with two attached hydrogens (primary N) is 1. The number of carboxylic acids is 2. The molecule has 0 fully saturated rings. The summed E-state index contributed by atoms with van der Waals surface area (Å²) >= 11 is 0. The molecule has 3 rings (SSSR count). The minimum absolute atomic E-state index is 0.0430. The molecular formula is C25H30N6O4. The first-order valence-corrected chi connectivity index (χ1v) is 10.7. The molecule has 3 aromatic rings. The lowest BCUT2D eigenvalue weighted by molar-refractivity contribution is -0.864. The Morgan fingerprint density at radius 2 is 1.69 bits per heavy atom. The van der Waals surface area contributed by atoms with Gasteiger partial charge in [-0.1, -0.05) is 29.8 Å². The number of nitrogens with zero attached hydrogens (tertiary/aromatic N) is 5. The lowest BCUT2D eigenvalue weighted by atomic mass is 10.0. The number of carbonyl (C=O) groups excluding carboxylic acids is 1. The maximum atomic E-state index is 11.4. The average Bonchev–Trinajstić information content (AvgIpc) is 2.73. The number of hydrogen-bond donors (Lipinski definition) is 2.